The van der Waals surface area contributed by atoms with E-state index in [9.17, 15) is 0 Å². The average molecular weight is 340 g/mol. The molecule has 2 nitrogen and oxygen atoms in total. The summed E-state index contributed by atoms with van der Waals surface area (Å²) in [6.07, 6.45) is 4.85. The molecular formula is C8H21N2Pt. The molecule has 3 heteroatoms. The molecular weight excluding hydrogens is 319 g/mol. The fourth-order valence-corrected chi connectivity index (χ4v) is 0.996. The predicted octanol–water partition coefficient (Wildman–Crippen LogP) is 1.44. The Morgan fingerprint density at radius 1 is 1.00 bits per heavy atom. The first-order chi connectivity index (χ1) is 5.33. The molecule has 0 spiro atoms. The Morgan fingerprint density at radius 2 is 1.55 bits per heavy atom. The maximum absolute atomic E-state index is 5.21. The topological polar surface area (TPSA) is 52.0 Å². The van der Waals surface area contributed by atoms with Gasteiger partial charge in [0, 0.05) is 0 Å². The van der Waals surface area contributed by atoms with E-state index in [1.165, 1.54) is 30.5 Å². The number of unbranched alkanes of at least 4 members (excludes halogenated alkanes) is 2. The van der Waals surface area contributed by atoms with Crippen molar-refractivity contribution in [3.05, 3.63) is 0 Å². The van der Waals surface area contributed by atoms with Crippen molar-refractivity contribution in [3.8, 4) is 0 Å². The van der Waals surface area contributed by atoms with E-state index >= 15 is 0 Å². The summed E-state index contributed by atoms with van der Waals surface area (Å²) in [5.41, 5.74) is 10.4. The number of rotatable bonds is 5. The predicted molar refractivity (Wildman–Crippen MR) is 47.1 cm³/mol. The Hall–Kier alpha value is 0.608. The van der Waals surface area contributed by atoms with Gasteiger partial charge in [0.2, 0.25) is 0 Å². The summed E-state index contributed by atoms with van der Waals surface area (Å²) < 4.78 is 0. The van der Waals surface area contributed by atoms with Crippen LogP contribution in [0.4, 0.5) is 0 Å². The summed E-state index contributed by atoms with van der Waals surface area (Å²) in [4.78, 5) is 1.25. The molecule has 0 amide bonds. The van der Waals surface area contributed by atoms with Crippen LogP contribution in [0.25, 0.3) is 0 Å². The molecule has 11 heavy (non-hydrogen) atoms. The summed E-state index contributed by atoms with van der Waals surface area (Å²) in [5.74, 6) is 0. The Balaban J connectivity index is 0. The third-order valence-corrected chi connectivity index (χ3v) is 1.93. The molecule has 0 heterocycles. The number of hydrogen-bond acceptors (Lipinski definition) is 2. The molecule has 0 saturated heterocycles. The Morgan fingerprint density at radius 3 is 1.64 bits per heavy atom. The molecule has 0 rings (SSSR count). The van der Waals surface area contributed by atoms with Crippen molar-refractivity contribution in [2.45, 2.75) is 37.4 Å². The molecule has 73 valence electrons. The minimum atomic E-state index is 0.844. The van der Waals surface area contributed by atoms with Crippen LogP contribution in [0.3, 0.4) is 0 Å². The van der Waals surface area contributed by atoms with Crippen LogP contribution in [0, 0.1) is 0 Å². The number of nitrogens with two attached hydrogens (primary N) is 2. The standard InChI is InChI=1S/C4H11N.C4H10N.Pt/c2*1-2-3-4-5;/h2-5H2,1H3;1-5H2;. The van der Waals surface area contributed by atoms with Gasteiger partial charge in [-0.15, -0.1) is 0 Å². The molecule has 0 radical (unpaired) electrons. The van der Waals surface area contributed by atoms with E-state index < -0.39 is 0 Å². The molecule has 0 aliphatic heterocycles. The van der Waals surface area contributed by atoms with Crippen LogP contribution < -0.4 is 11.5 Å². The molecule has 0 saturated carbocycles. The van der Waals surface area contributed by atoms with E-state index in [0.29, 0.717) is 0 Å². The second kappa shape index (κ2) is 16.9. The van der Waals surface area contributed by atoms with Crippen LogP contribution in [-0.4, -0.2) is 13.1 Å². The monoisotopic (exact) mass is 340 g/mol. The van der Waals surface area contributed by atoms with Crippen LogP contribution in [0.2, 0.25) is 4.81 Å². The van der Waals surface area contributed by atoms with E-state index in [4.69, 9.17) is 11.5 Å². The van der Waals surface area contributed by atoms with Crippen molar-refractivity contribution in [1.82, 2.24) is 0 Å². The van der Waals surface area contributed by atoms with Crippen LogP contribution in [0.1, 0.15) is 32.6 Å². The van der Waals surface area contributed by atoms with Gasteiger partial charge in [-0.05, 0) is 13.0 Å². The quantitative estimate of drug-likeness (QED) is 0.744. The minimum absolute atomic E-state index is 0.844. The summed E-state index contributed by atoms with van der Waals surface area (Å²) in [6.45, 7) is 3.83. The molecule has 0 fully saturated rings. The summed E-state index contributed by atoms with van der Waals surface area (Å²) >= 11 is 2.34. The zero-order valence-corrected chi connectivity index (χ0v) is 9.69. The van der Waals surface area contributed by atoms with Gasteiger partial charge in [0.1, 0.15) is 0 Å². The van der Waals surface area contributed by atoms with Gasteiger partial charge in [0.05, 0.1) is 0 Å². The second-order valence-corrected chi connectivity index (χ2v) is 3.43. The van der Waals surface area contributed by atoms with Crippen molar-refractivity contribution in [1.29, 1.82) is 0 Å². The third kappa shape index (κ3) is 25.0. The molecule has 0 aromatic heterocycles. The van der Waals surface area contributed by atoms with E-state index in [1.807, 2.05) is 0 Å². The first-order valence-electron chi connectivity index (χ1n) is 4.25. The van der Waals surface area contributed by atoms with Crippen LogP contribution in [0.15, 0.2) is 0 Å². The Bertz CT molecular complexity index is 45.4. The average Bonchev–Trinajstić information content (AvgIpc) is 2.04. The van der Waals surface area contributed by atoms with E-state index in [2.05, 4.69) is 26.7 Å². The van der Waals surface area contributed by atoms with E-state index in [0.717, 1.165) is 13.1 Å². The summed E-state index contributed by atoms with van der Waals surface area (Å²) in [7, 11) is 0. The molecule has 0 bridgehead atoms. The molecule has 4 N–H and O–H groups in total. The number of hydrogen-bond donors (Lipinski definition) is 2. The van der Waals surface area contributed by atoms with Crippen molar-refractivity contribution in [2.75, 3.05) is 13.1 Å². The first kappa shape index (κ1) is 14.2. The van der Waals surface area contributed by atoms with Gasteiger partial charge in [0.15, 0.2) is 0 Å². The third-order valence-electron chi connectivity index (χ3n) is 1.12. The van der Waals surface area contributed by atoms with Gasteiger partial charge >= 0.3 is 49.7 Å². The first-order valence-corrected chi connectivity index (χ1v) is 5.85. The summed E-state index contributed by atoms with van der Waals surface area (Å²) in [6, 6.07) is 0. The van der Waals surface area contributed by atoms with E-state index in [1.54, 1.807) is 0 Å². The molecule has 0 aliphatic carbocycles. The normalized spacial score (nSPS) is 8.82. The van der Waals surface area contributed by atoms with Crippen molar-refractivity contribution in [3.63, 3.8) is 0 Å². The molecule has 0 aromatic carbocycles. The van der Waals surface area contributed by atoms with Gasteiger partial charge in [-0.2, -0.15) is 0 Å². The fraction of sp³-hybridized carbons (Fsp3) is 1.00. The van der Waals surface area contributed by atoms with Gasteiger partial charge in [-0.25, -0.2) is 0 Å². The SMILES string of the molecule is CCCCN.NCCC[CH2][Pt]. The van der Waals surface area contributed by atoms with Gasteiger partial charge < -0.3 is 5.73 Å². The van der Waals surface area contributed by atoms with Gasteiger partial charge in [0.25, 0.3) is 0 Å². The van der Waals surface area contributed by atoms with Crippen LogP contribution in [0.5, 0.6) is 0 Å². The molecule has 0 atom stereocenters. The zero-order chi connectivity index (χ0) is 8.95. The van der Waals surface area contributed by atoms with Gasteiger partial charge in [-0.1, -0.05) is 13.3 Å². The van der Waals surface area contributed by atoms with Gasteiger partial charge in [-0.3, -0.25) is 0 Å². The van der Waals surface area contributed by atoms with Crippen molar-refractivity contribution in [2.24, 2.45) is 11.5 Å². The van der Waals surface area contributed by atoms with E-state index in [-0.39, 0.29) is 0 Å². The molecule has 0 aliphatic rings. The fourth-order valence-electron chi connectivity index (χ4n) is 0.428. The van der Waals surface area contributed by atoms with Crippen LogP contribution >= 0.6 is 0 Å². The Labute approximate surface area is 82.0 Å². The second-order valence-electron chi connectivity index (χ2n) is 2.30. The molecule has 0 unspecified atom stereocenters. The zero-order valence-electron chi connectivity index (χ0n) is 7.42. The van der Waals surface area contributed by atoms with Crippen molar-refractivity contribution < 1.29 is 19.8 Å². The molecule has 0 aromatic rings. The maximum atomic E-state index is 5.21. The Kier molecular flexibility index (Phi) is 21.8. The van der Waals surface area contributed by atoms with Crippen LogP contribution in [-0.2, 0) is 19.8 Å². The van der Waals surface area contributed by atoms with Crippen molar-refractivity contribution >= 4 is 0 Å². The summed E-state index contributed by atoms with van der Waals surface area (Å²) in [5, 5.41) is 0.